The van der Waals surface area contributed by atoms with Gasteiger partial charge in [0.2, 0.25) is 0 Å². The zero-order valence-electron chi connectivity index (χ0n) is 7.40. The van der Waals surface area contributed by atoms with Crippen molar-refractivity contribution < 1.29 is 13.2 Å². The Kier molecular flexibility index (Phi) is 3.06. The number of rotatable bonds is 2. The van der Waals surface area contributed by atoms with Gasteiger partial charge in [-0.05, 0) is 6.92 Å². The summed E-state index contributed by atoms with van der Waals surface area (Å²) in [7, 11) is 0. The fourth-order valence-corrected chi connectivity index (χ4v) is 1.29. The fourth-order valence-electron chi connectivity index (χ4n) is 1.05. The maximum Gasteiger partial charge on any atom is 0.436 e. The molecule has 1 aromatic rings. The molecule has 0 bridgehead atoms. The lowest BCUT2D eigenvalue weighted by molar-refractivity contribution is -0.141. The lowest BCUT2D eigenvalue weighted by Crippen LogP contribution is -2.13. The molecule has 1 aromatic heterocycles. The highest BCUT2D eigenvalue weighted by Gasteiger charge is 2.38. The number of halogens is 4. The van der Waals surface area contributed by atoms with Gasteiger partial charge < -0.3 is 5.73 Å². The van der Waals surface area contributed by atoms with Crippen LogP contribution in [-0.2, 0) is 12.7 Å². The molecular formula is C7H9ClF3N3. The van der Waals surface area contributed by atoms with E-state index in [1.807, 2.05) is 0 Å². The summed E-state index contributed by atoms with van der Waals surface area (Å²) in [5.41, 5.74) is 4.44. The van der Waals surface area contributed by atoms with Gasteiger partial charge in [0, 0.05) is 6.54 Å². The van der Waals surface area contributed by atoms with E-state index in [0.29, 0.717) is 0 Å². The van der Waals surface area contributed by atoms with E-state index in [9.17, 15) is 13.2 Å². The van der Waals surface area contributed by atoms with E-state index in [1.165, 1.54) is 6.92 Å². The number of nitrogens with zero attached hydrogens (tertiary/aromatic N) is 2. The molecule has 0 aliphatic heterocycles. The Hall–Kier alpha value is -0.750. The minimum Gasteiger partial charge on any atom is -0.329 e. The standard InChI is InChI=1S/C7H9ClF3N3/c1-4-5(8)6(7(9,10)11)13-14(4)3-2-12/h2-3,12H2,1H3. The normalized spacial score (nSPS) is 12.1. The minimum absolute atomic E-state index is 0.218. The summed E-state index contributed by atoms with van der Waals surface area (Å²) in [5, 5.41) is 2.99. The molecule has 3 nitrogen and oxygen atoms in total. The molecule has 2 N–H and O–H groups in total. The third-order valence-electron chi connectivity index (χ3n) is 1.74. The molecule has 0 saturated heterocycles. The molecular weight excluding hydrogens is 219 g/mol. The van der Waals surface area contributed by atoms with E-state index in [-0.39, 0.29) is 23.8 Å². The molecule has 1 rings (SSSR count). The smallest absolute Gasteiger partial charge is 0.329 e. The molecule has 1 heterocycles. The van der Waals surface area contributed by atoms with Crippen LogP contribution < -0.4 is 5.73 Å². The van der Waals surface area contributed by atoms with Crippen molar-refractivity contribution in [1.82, 2.24) is 9.78 Å². The number of alkyl halides is 3. The molecule has 80 valence electrons. The molecule has 0 aliphatic rings. The third-order valence-corrected chi connectivity index (χ3v) is 2.20. The van der Waals surface area contributed by atoms with Gasteiger partial charge in [-0.3, -0.25) is 4.68 Å². The first-order valence-corrected chi connectivity index (χ1v) is 4.26. The highest BCUT2D eigenvalue weighted by molar-refractivity contribution is 6.31. The molecule has 0 radical (unpaired) electrons. The second-order valence-electron chi connectivity index (χ2n) is 2.76. The fraction of sp³-hybridized carbons (Fsp3) is 0.571. The van der Waals surface area contributed by atoms with Gasteiger partial charge in [0.25, 0.3) is 0 Å². The summed E-state index contributed by atoms with van der Waals surface area (Å²) in [6, 6.07) is 0. The van der Waals surface area contributed by atoms with Crippen LogP contribution >= 0.6 is 11.6 Å². The Morgan fingerprint density at radius 1 is 1.50 bits per heavy atom. The highest BCUT2D eigenvalue weighted by atomic mass is 35.5. The van der Waals surface area contributed by atoms with E-state index < -0.39 is 11.9 Å². The number of hydrogen-bond acceptors (Lipinski definition) is 2. The predicted molar refractivity (Wildman–Crippen MR) is 46.0 cm³/mol. The van der Waals surface area contributed by atoms with Crippen LogP contribution in [-0.4, -0.2) is 16.3 Å². The maximum absolute atomic E-state index is 12.3. The molecule has 0 amide bonds. The summed E-state index contributed by atoms with van der Waals surface area (Å²) < 4.78 is 38.0. The van der Waals surface area contributed by atoms with Crippen molar-refractivity contribution in [3.8, 4) is 0 Å². The molecule has 14 heavy (non-hydrogen) atoms. The number of aromatic nitrogens is 2. The van der Waals surface area contributed by atoms with Crippen molar-refractivity contribution in [2.24, 2.45) is 5.73 Å². The Morgan fingerprint density at radius 3 is 2.43 bits per heavy atom. The van der Waals surface area contributed by atoms with Crippen LogP contribution in [0.1, 0.15) is 11.4 Å². The molecule has 0 saturated carbocycles. The lowest BCUT2D eigenvalue weighted by atomic mass is 10.3. The summed E-state index contributed by atoms with van der Waals surface area (Å²) in [5.74, 6) is 0. The summed E-state index contributed by atoms with van der Waals surface area (Å²) in [4.78, 5) is 0. The molecule has 0 aromatic carbocycles. The first-order chi connectivity index (χ1) is 6.38. The van der Waals surface area contributed by atoms with E-state index in [0.717, 1.165) is 4.68 Å². The molecule has 0 aliphatic carbocycles. The van der Waals surface area contributed by atoms with Crippen LogP contribution in [0.2, 0.25) is 5.02 Å². The topological polar surface area (TPSA) is 43.8 Å². The van der Waals surface area contributed by atoms with Gasteiger partial charge in [0.05, 0.1) is 17.3 Å². The molecule has 7 heteroatoms. The van der Waals surface area contributed by atoms with Crippen LogP contribution in [0.25, 0.3) is 0 Å². The van der Waals surface area contributed by atoms with Crippen LogP contribution in [0.5, 0.6) is 0 Å². The first kappa shape index (κ1) is 11.3. The molecule has 0 unspecified atom stereocenters. The van der Waals surface area contributed by atoms with Crippen molar-refractivity contribution in [3.63, 3.8) is 0 Å². The Labute approximate surface area is 83.6 Å². The monoisotopic (exact) mass is 227 g/mol. The van der Waals surface area contributed by atoms with E-state index in [2.05, 4.69) is 5.10 Å². The van der Waals surface area contributed by atoms with Crippen molar-refractivity contribution in [2.45, 2.75) is 19.6 Å². The van der Waals surface area contributed by atoms with Gasteiger partial charge in [-0.25, -0.2) is 0 Å². The number of nitrogens with two attached hydrogens (primary N) is 1. The third kappa shape index (κ3) is 2.01. The largest absolute Gasteiger partial charge is 0.436 e. The van der Waals surface area contributed by atoms with E-state index >= 15 is 0 Å². The average molecular weight is 228 g/mol. The minimum atomic E-state index is -4.51. The SMILES string of the molecule is Cc1c(Cl)c(C(F)(F)F)nn1CCN. The first-order valence-electron chi connectivity index (χ1n) is 3.88. The van der Waals surface area contributed by atoms with Gasteiger partial charge in [-0.2, -0.15) is 18.3 Å². The summed E-state index contributed by atoms with van der Waals surface area (Å²) in [6.45, 7) is 1.91. The second-order valence-corrected chi connectivity index (χ2v) is 3.14. The number of hydrogen-bond donors (Lipinski definition) is 1. The van der Waals surface area contributed by atoms with Gasteiger partial charge in [-0.15, -0.1) is 0 Å². The highest BCUT2D eigenvalue weighted by Crippen LogP contribution is 2.35. The van der Waals surface area contributed by atoms with Gasteiger partial charge >= 0.3 is 6.18 Å². The van der Waals surface area contributed by atoms with Crippen LogP contribution in [0, 0.1) is 6.92 Å². The van der Waals surface area contributed by atoms with E-state index in [4.69, 9.17) is 17.3 Å². The van der Waals surface area contributed by atoms with Crippen molar-refractivity contribution in [2.75, 3.05) is 6.54 Å². The molecule has 0 fully saturated rings. The molecule has 0 spiro atoms. The van der Waals surface area contributed by atoms with Gasteiger partial charge in [-0.1, -0.05) is 11.6 Å². The Bertz CT molecular complexity index is 332. The van der Waals surface area contributed by atoms with Crippen molar-refractivity contribution in [3.05, 3.63) is 16.4 Å². The van der Waals surface area contributed by atoms with Gasteiger partial charge in [0.15, 0.2) is 5.69 Å². The average Bonchev–Trinajstić information content (AvgIpc) is 2.32. The Balaban J connectivity index is 3.15. The Morgan fingerprint density at radius 2 is 2.07 bits per heavy atom. The quantitative estimate of drug-likeness (QED) is 0.838. The van der Waals surface area contributed by atoms with Crippen LogP contribution in [0.15, 0.2) is 0 Å². The predicted octanol–water partition coefficient (Wildman–Crippen LogP) is 1.82. The second kappa shape index (κ2) is 3.78. The lowest BCUT2D eigenvalue weighted by Gasteiger charge is -2.01. The van der Waals surface area contributed by atoms with Gasteiger partial charge in [0.1, 0.15) is 0 Å². The van der Waals surface area contributed by atoms with Crippen LogP contribution in [0.3, 0.4) is 0 Å². The van der Waals surface area contributed by atoms with E-state index in [1.54, 1.807) is 0 Å². The summed E-state index contributed by atoms with van der Waals surface area (Å²) in [6.07, 6.45) is -4.51. The maximum atomic E-state index is 12.3. The molecule has 0 atom stereocenters. The zero-order valence-corrected chi connectivity index (χ0v) is 8.15. The van der Waals surface area contributed by atoms with Crippen molar-refractivity contribution in [1.29, 1.82) is 0 Å². The zero-order chi connectivity index (χ0) is 10.9. The van der Waals surface area contributed by atoms with Crippen molar-refractivity contribution >= 4 is 11.6 Å². The van der Waals surface area contributed by atoms with Crippen LogP contribution in [0.4, 0.5) is 13.2 Å². The summed E-state index contributed by atoms with van der Waals surface area (Å²) >= 11 is 5.49.